The predicted octanol–water partition coefficient (Wildman–Crippen LogP) is 8.44. The van der Waals surface area contributed by atoms with Gasteiger partial charge in [-0.1, -0.05) is 116 Å². The Bertz CT molecular complexity index is 799. The molecule has 0 bridgehead atoms. The third-order valence-electron chi connectivity index (χ3n) is 7.54. The second-order valence-corrected chi connectivity index (χ2v) is 14.6. The van der Waals surface area contributed by atoms with Crippen LogP contribution in [0.4, 0.5) is 0 Å². The summed E-state index contributed by atoms with van der Waals surface area (Å²) < 4.78 is 33.6. The molecule has 0 saturated heterocycles. The number of phosphoric acid groups is 1. The van der Waals surface area contributed by atoms with Gasteiger partial charge in [-0.3, -0.25) is 14.2 Å². The summed E-state index contributed by atoms with van der Waals surface area (Å²) >= 11 is 0. The lowest BCUT2D eigenvalue weighted by Gasteiger charge is -2.28. The molecular weight excluding hydrogens is 593 g/mol. The van der Waals surface area contributed by atoms with Crippen molar-refractivity contribution >= 4 is 19.8 Å². The molecule has 0 N–H and O–H groups in total. The Kier molecular flexibility index (Phi) is 28.1. The van der Waals surface area contributed by atoms with Crippen LogP contribution < -0.4 is 4.89 Å². The SMILES string of the molecule is CCCC/C=C\CCCCCCCC(=O)OC[C@H](COP(=O)([O-])OCC[N+](C)(C)C)OC(=O)CCCCCCCCCCCC. The van der Waals surface area contributed by atoms with E-state index in [-0.39, 0.29) is 26.1 Å². The molecule has 0 radical (unpaired) electrons. The summed E-state index contributed by atoms with van der Waals surface area (Å²) in [6, 6.07) is 0. The van der Waals surface area contributed by atoms with Gasteiger partial charge in [-0.05, 0) is 32.1 Å². The third kappa shape index (κ3) is 32.5. The smallest absolute Gasteiger partial charge is 0.306 e. The molecule has 10 heteroatoms. The van der Waals surface area contributed by atoms with Crippen LogP contribution in [-0.4, -0.2) is 70.0 Å². The number of carbonyl (C=O) groups is 2. The minimum atomic E-state index is -4.61. The lowest BCUT2D eigenvalue weighted by Crippen LogP contribution is -2.37. The highest BCUT2D eigenvalue weighted by atomic mass is 31.2. The van der Waals surface area contributed by atoms with Crippen molar-refractivity contribution in [3.8, 4) is 0 Å². The number of phosphoric ester groups is 1. The number of esters is 2. The minimum Gasteiger partial charge on any atom is -0.756 e. The summed E-state index contributed by atoms with van der Waals surface area (Å²) in [7, 11) is 1.16. The van der Waals surface area contributed by atoms with E-state index in [0.717, 1.165) is 64.2 Å². The van der Waals surface area contributed by atoms with E-state index in [1.807, 2.05) is 21.1 Å². The molecule has 9 nitrogen and oxygen atoms in total. The molecule has 0 aromatic rings. The van der Waals surface area contributed by atoms with Crippen LogP contribution in [0.3, 0.4) is 0 Å². The summed E-state index contributed by atoms with van der Waals surface area (Å²) in [5, 5.41) is 0. The average molecular weight is 662 g/mol. The van der Waals surface area contributed by atoms with Gasteiger partial charge in [0, 0.05) is 12.8 Å². The van der Waals surface area contributed by atoms with E-state index in [1.165, 1.54) is 51.4 Å². The zero-order valence-corrected chi connectivity index (χ0v) is 30.5. The minimum absolute atomic E-state index is 0.0296. The number of hydrogen-bond acceptors (Lipinski definition) is 8. The molecule has 45 heavy (non-hydrogen) atoms. The molecule has 0 aliphatic rings. The molecule has 266 valence electrons. The fourth-order valence-corrected chi connectivity index (χ4v) is 5.36. The van der Waals surface area contributed by atoms with Gasteiger partial charge in [0.2, 0.25) is 0 Å². The first-order chi connectivity index (χ1) is 21.5. The molecule has 0 spiro atoms. The van der Waals surface area contributed by atoms with Crippen LogP contribution in [0.25, 0.3) is 0 Å². The maximum Gasteiger partial charge on any atom is 0.306 e. The van der Waals surface area contributed by atoms with E-state index in [2.05, 4.69) is 26.0 Å². The van der Waals surface area contributed by atoms with E-state index >= 15 is 0 Å². The van der Waals surface area contributed by atoms with Gasteiger partial charge in [0.05, 0.1) is 27.7 Å². The van der Waals surface area contributed by atoms with E-state index in [9.17, 15) is 19.0 Å². The maximum atomic E-state index is 12.5. The standard InChI is InChI=1S/C35H68NO8P/c1-6-8-10-12-14-16-18-20-21-23-25-27-34(37)41-31-33(32-43-45(39,40)42-30-29-36(3,4)5)44-35(38)28-26-24-22-19-17-15-13-11-9-7-2/h12,14,33H,6-11,13,15-32H2,1-5H3/b14-12-/t33-/m1/s1. The van der Waals surface area contributed by atoms with Gasteiger partial charge in [-0.25, -0.2) is 0 Å². The van der Waals surface area contributed by atoms with Crippen molar-refractivity contribution in [2.75, 3.05) is 47.5 Å². The summed E-state index contributed by atoms with van der Waals surface area (Å²) in [5.74, 6) is -0.847. The Morgan fingerprint density at radius 1 is 0.667 bits per heavy atom. The lowest BCUT2D eigenvalue weighted by molar-refractivity contribution is -0.870. The highest BCUT2D eigenvalue weighted by Gasteiger charge is 2.21. The summed E-state index contributed by atoms with van der Waals surface area (Å²) in [6.45, 7) is 4.14. The number of ether oxygens (including phenoxy) is 2. The van der Waals surface area contributed by atoms with Crippen LogP contribution in [-0.2, 0) is 32.7 Å². The average Bonchev–Trinajstić information content (AvgIpc) is 2.97. The molecule has 0 rings (SSSR count). The van der Waals surface area contributed by atoms with Crippen molar-refractivity contribution in [2.24, 2.45) is 0 Å². The highest BCUT2D eigenvalue weighted by molar-refractivity contribution is 7.45. The molecule has 1 unspecified atom stereocenters. The van der Waals surface area contributed by atoms with E-state index < -0.39 is 32.5 Å². The van der Waals surface area contributed by atoms with Crippen LogP contribution >= 0.6 is 7.82 Å². The molecule has 0 saturated carbocycles. The van der Waals surface area contributed by atoms with Gasteiger partial charge >= 0.3 is 11.9 Å². The summed E-state index contributed by atoms with van der Waals surface area (Å²) in [6.07, 6.45) is 25.3. The summed E-state index contributed by atoms with van der Waals surface area (Å²) in [5.41, 5.74) is 0. The third-order valence-corrected chi connectivity index (χ3v) is 8.50. The van der Waals surface area contributed by atoms with Gasteiger partial charge < -0.3 is 27.9 Å². The number of allylic oxidation sites excluding steroid dienone is 2. The van der Waals surface area contributed by atoms with Crippen molar-refractivity contribution in [1.29, 1.82) is 0 Å². The van der Waals surface area contributed by atoms with Crippen molar-refractivity contribution in [1.82, 2.24) is 0 Å². The van der Waals surface area contributed by atoms with Gasteiger partial charge in [0.15, 0.2) is 6.10 Å². The Balaban J connectivity index is 4.49. The number of nitrogens with zero attached hydrogens (tertiary/aromatic N) is 1. The first-order valence-corrected chi connectivity index (χ1v) is 19.4. The number of unbranched alkanes of at least 4 members (excludes halogenated alkanes) is 16. The Morgan fingerprint density at radius 2 is 1.16 bits per heavy atom. The molecule has 0 heterocycles. The molecule has 0 amide bonds. The van der Waals surface area contributed by atoms with Crippen molar-refractivity contribution in [2.45, 2.75) is 155 Å². The largest absolute Gasteiger partial charge is 0.756 e. The van der Waals surface area contributed by atoms with Crippen molar-refractivity contribution in [3.05, 3.63) is 12.2 Å². The molecular formula is C35H68NO8P. The highest BCUT2D eigenvalue weighted by Crippen LogP contribution is 2.38. The zero-order valence-electron chi connectivity index (χ0n) is 29.6. The van der Waals surface area contributed by atoms with Crippen molar-refractivity contribution < 1.29 is 42.1 Å². The van der Waals surface area contributed by atoms with Gasteiger partial charge in [-0.15, -0.1) is 0 Å². The van der Waals surface area contributed by atoms with Crippen molar-refractivity contribution in [3.63, 3.8) is 0 Å². The number of quaternary nitrogens is 1. The fraction of sp³-hybridized carbons (Fsp3) is 0.886. The van der Waals surface area contributed by atoms with E-state index in [0.29, 0.717) is 17.4 Å². The molecule has 0 aromatic heterocycles. The van der Waals surface area contributed by atoms with E-state index in [4.69, 9.17) is 18.5 Å². The number of carbonyl (C=O) groups excluding carboxylic acids is 2. The second kappa shape index (κ2) is 28.9. The number of hydrogen-bond donors (Lipinski definition) is 0. The number of likely N-dealkylation sites (N-methyl/N-ethyl adjacent to an activating group) is 1. The van der Waals surface area contributed by atoms with Gasteiger partial charge in [0.1, 0.15) is 19.8 Å². The lowest BCUT2D eigenvalue weighted by atomic mass is 10.1. The Morgan fingerprint density at radius 3 is 1.71 bits per heavy atom. The maximum absolute atomic E-state index is 12.5. The quantitative estimate of drug-likeness (QED) is 0.0232. The van der Waals surface area contributed by atoms with Crippen LogP contribution in [0.1, 0.15) is 149 Å². The van der Waals surface area contributed by atoms with Gasteiger partial charge in [-0.2, -0.15) is 0 Å². The Labute approximate surface area is 276 Å². The van der Waals surface area contributed by atoms with Crippen LogP contribution in [0.15, 0.2) is 12.2 Å². The molecule has 0 fully saturated rings. The molecule has 0 aliphatic heterocycles. The monoisotopic (exact) mass is 661 g/mol. The fourth-order valence-electron chi connectivity index (χ4n) is 4.63. The van der Waals surface area contributed by atoms with E-state index in [1.54, 1.807) is 0 Å². The van der Waals surface area contributed by atoms with Crippen LogP contribution in [0.5, 0.6) is 0 Å². The topological polar surface area (TPSA) is 111 Å². The normalized spacial score (nSPS) is 14.0. The van der Waals surface area contributed by atoms with Crippen LogP contribution in [0.2, 0.25) is 0 Å². The summed E-state index contributed by atoms with van der Waals surface area (Å²) in [4.78, 5) is 37.1. The zero-order chi connectivity index (χ0) is 33.7. The van der Waals surface area contributed by atoms with Gasteiger partial charge in [0.25, 0.3) is 7.82 Å². The first-order valence-electron chi connectivity index (χ1n) is 17.9. The predicted molar refractivity (Wildman–Crippen MR) is 181 cm³/mol. The Hall–Kier alpha value is -1.25. The molecule has 0 aromatic carbocycles. The first kappa shape index (κ1) is 43.8. The van der Waals surface area contributed by atoms with Crippen LogP contribution in [0, 0.1) is 0 Å². The molecule has 0 aliphatic carbocycles. The second-order valence-electron chi connectivity index (χ2n) is 13.2. The number of rotatable bonds is 32. The molecule has 2 atom stereocenters.